The van der Waals surface area contributed by atoms with Gasteiger partial charge in [-0.1, -0.05) is 0 Å². The standard InChI is InChI=1S/C12H12F2N2O2/c13-9-6-11(10(14)5-8(9)12(17)18)16-3-1-7(15)2-4-16/h5-6,15H,1-4H2,(H,17,18). The zero-order chi connectivity index (χ0) is 13.3. The molecule has 18 heavy (non-hydrogen) atoms. The van der Waals surface area contributed by atoms with Gasteiger partial charge in [-0.05, 0) is 6.07 Å². The second kappa shape index (κ2) is 4.72. The Kier molecular flexibility index (Phi) is 3.27. The number of benzene rings is 1. The fourth-order valence-corrected chi connectivity index (χ4v) is 1.96. The summed E-state index contributed by atoms with van der Waals surface area (Å²) in [5.41, 5.74) is -0.0136. The maximum absolute atomic E-state index is 13.7. The third-order valence-corrected chi connectivity index (χ3v) is 2.97. The summed E-state index contributed by atoms with van der Waals surface area (Å²) in [7, 11) is 0. The van der Waals surface area contributed by atoms with Crippen LogP contribution in [0.1, 0.15) is 23.2 Å². The zero-order valence-corrected chi connectivity index (χ0v) is 9.54. The summed E-state index contributed by atoms with van der Waals surface area (Å²) in [6, 6.07) is 1.61. The van der Waals surface area contributed by atoms with E-state index in [1.54, 1.807) is 4.90 Å². The molecule has 0 amide bonds. The van der Waals surface area contributed by atoms with E-state index >= 15 is 0 Å². The van der Waals surface area contributed by atoms with E-state index in [0.717, 1.165) is 6.07 Å². The normalized spacial score (nSPS) is 15.9. The minimum atomic E-state index is -1.49. The van der Waals surface area contributed by atoms with Crippen LogP contribution in [0, 0.1) is 17.0 Å². The number of carbonyl (C=O) groups is 1. The lowest BCUT2D eigenvalue weighted by Crippen LogP contribution is -2.34. The second-order valence-electron chi connectivity index (χ2n) is 4.18. The van der Waals surface area contributed by atoms with E-state index in [9.17, 15) is 13.6 Å². The van der Waals surface area contributed by atoms with E-state index in [1.165, 1.54) is 0 Å². The Morgan fingerprint density at radius 2 is 1.83 bits per heavy atom. The van der Waals surface area contributed by atoms with Crippen molar-refractivity contribution in [3.63, 3.8) is 0 Å². The fraction of sp³-hybridized carbons (Fsp3) is 0.333. The molecular weight excluding hydrogens is 242 g/mol. The second-order valence-corrected chi connectivity index (χ2v) is 4.18. The molecule has 0 aliphatic carbocycles. The van der Waals surface area contributed by atoms with E-state index in [2.05, 4.69) is 0 Å². The lowest BCUT2D eigenvalue weighted by molar-refractivity contribution is 0.0691. The number of nitrogens with one attached hydrogen (secondary N) is 1. The number of aromatic carboxylic acids is 1. The average molecular weight is 254 g/mol. The van der Waals surface area contributed by atoms with Crippen molar-refractivity contribution in [1.29, 1.82) is 5.41 Å². The Morgan fingerprint density at radius 1 is 1.22 bits per heavy atom. The van der Waals surface area contributed by atoms with Gasteiger partial charge in [-0.25, -0.2) is 13.6 Å². The minimum Gasteiger partial charge on any atom is -0.478 e. The number of piperidine rings is 1. The van der Waals surface area contributed by atoms with Gasteiger partial charge >= 0.3 is 5.97 Å². The van der Waals surface area contributed by atoms with Crippen LogP contribution in [0.25, 0.3) is 0 Å². The molecule has 2 N–H and O–H groups in total. The molecule has 1 fully saturated rings. The van der Waals surface area contributed by atoms with Crippen LogP contribution in [0.3, 0.4) is 0 Å². The molecule has 1 aromatic rings. The average Bonchev–Trinajstić information content (AvgIpc) is 2.32. The molecular formula is C12H12F2N2O2. The molecule has 0 aromatic heterocycles. The number of nitrogens with zero attached hydrogens (tertiary/aromatic N) is 1. The molecule has 1 saturated heterocycles. The molecule has 0 radical (unpaired) electrons. The van der Waals surface area contributed by atoms with E-state index in [0.29, 0.717) is 37.7 Å². The van der Waals surface area contributed by atoms with Crippen molar-refractivity contribution in [2.24, 2.45) is 0 Å². The first kappa shape index (κ1) is 12.5. The molecule has 0 unspecified atom stereocenters. The summed E-state index contributed by atoms with van der Waals surface area (Å²) in [6.45, 7) is 0.892. The van der Waals surface area contributed by atoms with Crippen LogP contribution in [0.4, 0.5) is 14.5 Å². The highest BCUT2D eigenvalue weighted by molar-refractivity contribution is 5.88. The largest absolute Gasteiger partial charge is 0.478 e. The van der Waals surface area contributed by atoms with Crippen LogP contribution in [-0.4, -0.2) is 29.9 Å². The molecule has 0 bridgehead atoms. The quantitative estimate of drug-likeness (QED) is 0.851. The van der Waals surface area contributed by atoms with Gasteiger partial charge in [0.25, 0.3) is 0 Å². The molecule has 0 spiro atoms. The highest BCUT2D eigenvalue weighted by Gasteiger charge is 2.21. The monoisotopic (exact) mass is 254 g/mol. The number of carboxylic acid groups (broad SMARTS) is 1. The van der Waals surface area contributed by atoms with Crippen LogP contribution in [0.5, 0.6) is 0 Å². The lowest BCUT2D eigenvalue weighted by atomic mass is 10.1. The first-order chi connectivity index (χ1) is 8.49. The smallest absolute Gasteiger partial charge is 0.338 e. The van der Waals surface area contributed by atoms with Gasteiger partial charge in [0.1, 0.15) is 11.6 Å². The van der Waals surface area contributed by atoms with Gasteiger partial charge < -0.3 is 15.4 Å². The van der Waals surface area contributed by atoms with Gasteiger partial charge in [0.15, 0.2) is 0 Å². The summed E-state index contributed by atoms with van der Waals surface area (Å²) in [4.78, 5) is 12.3. The van der Waals surface area contributed by atoms with Crippen molar-refractivity contribution in [2.45, 2.75) is 12.8 Å². The Balaban J connectivity index is 2.32. The summed E-state index contributed by atoms with van der Waals surface area (Å²) in [5.74, 6) is -3.18. The topological polar surface area (TPSA) is 64.4 Å². The molecule has 96 valence electrons. The number of anilines is 1. The Morgan fingerprint density at radius 3 is 2.39 bits per heavy atom. The Hall–Kier alpha value is -1.98. The van der Waals surface area contributed by atoms with E-state index in [4.69, 9.17) is 10.5 Å². The van der Waals surface area contributed by atoms with Crippen LogP contribution in [-0.2, 0) is 0 Å². The van der Waals surface area contributed by atoms with Gasteiger partial charge in [-0.2, -0.15) is 0 Å². The molecule has 1 aliphatic heterocycles. The van der Waals surface area contributed by atoms with E-state index < -0.39 is 23.2 Å². The minimum absolute atomic E-state index is 0.0602. The van der Waals surface area contributed by atoms with Crippen molar-refractivity contribution in [2.75, 3.05) is 18.0 Å². The van der Waals surface area contributed by atoms with E-state index in [1.807, 2.05) is 0 Å². The third-order valence-electron chi connectivity index (χ3n) is 2.97. The Bertz CT molecular complexity index is 507. The number of rotatable bonds is 2. The van der Waals surface area contributed by atoms with Gasteiger partial charge in [0.05, 0.1) is 11.3 Å². The van der Waals surface area contributed by atoms with Crippen molar-refractivity contribution in [1.82, 2.24) is 0 Å². The van der Waals surface area contributed by atoms with Crippen LogP contribution >= 0.6 is 0 Å². The molecule has 1 aliphatic rings. The molecule has 4 nitrogen and oxygen atoms in total. The zero-order valence-electron chi connectivity index (χ0n) is 9.54. The van der Waals surface area contributed by atoms with Gasteiger partial charge in [-0.15, -0.1) is 0 Å². The first-order valence-electron chi connectivity index (χ1n) is 5.52. The number of halogens is 2. The fourth-order valence-electron chi connectivity index (χ4n) is 1.96. The van der Waals surface area contributed by atoms with Crippen molar-refractivity contribution >= 4 is 17.4 Å². The number of hydrogen-bond acceptors (Lipinski definition) is 3. The van der Waals surface area contributed by atoms with Crippen LogP contribution < -0.4 is 4.90 Å². The molecule has 0 saturated carbocycles. The molecule has 6 heteroatoms. The molecule has 1 aromatic carbocycles. The third kappa shape index (κ3) is 2.32. The predicted molar refractivity (Wildman–Crippen MR) is 62.5 cm³/mol. The lowest BCUT2D eigenvalue weighted by Gasteiger charge is -2.29. The summed E-state index contributed by atoms with van der Waals surface area (Å²) < 4.78 is 27.2. The highest BCUT2D eigenvalue weighted by Crippen LogP contribution is 2.25. The van der Waals surface area contributed by atoms with Crippen LogP contribution in [0.2, 0.25) is 0 Å². The molecule has 2 rings (SSSR count). The van der Waals surface area contributed by atoms with E-state index in [-0.39, 0.29) is 5.69 Å². The van der Waals surface area contributed by atoms with Crippen molar-refractivity contribution in [3.05, 3.63) is 29.3 Å². The summed E-state index contributed by atoms with van der Waals surface area (Å²) >= 11 is 0. The van der Waals surface area contributed by atoms with Gasteiger partial charge in [0, 0.05) is 37.7 Å². The first-order valence-corrected chi connectivity index (χ1v) is 5.52. The SMILES string of the molecule is N=C1CCN(c2cc(F)c(C(=O)O)cc2F)CC1. The maximum Gasteiger partial charge on any atom is 0.338 e. The molecule has 0 atom stereocenters. The molecule has 1 heterocycles. The summed E-state index contributed by atoms with van der Waals surface area (Å²) in [5, 5.41) is 16.1. The van der Waals surface area contributed by atoms with Gasteiger partial charge in [-0.3, -0.25) is 0 Å². The predicted octanol–water partition coefficient (Wildman–Crippen LogP) is 2.28. The van der Waals surface area contributed by atoms with Crippen molar-refractivity contribution < 1.29 is 18.7 Å². The van der Waals surface area contributed by atoms with Crippen molar-refractivity contribution in [3.8, 4) is 0 Å². The highest BCUT2D eigenvalue weighted by atomic mass is 19.1. The number of carboxylic acids is 1. The van der Waals surface area contributed by atoms with Gasteiger partial charge in [0.2, 0.25) is 0 Å². The summed E-state index contributed by atoms with van der Waals surface area (Å²) in [6.07, 6.45) is 1.03. The number of hydrogen-bond donors (Lipinski definition) is 2. The van der Waals surface area contributed by atoms with Crippen LogP contribution in [0.15, 0.2) is 12.1 Å². The maximum atomic E-state index is 13.7. The Labute approximate surface area is 102 Å².